The molecule has 6 heteroatoms. The van der Waals surface area contributed by atoms with Crippen molar-refractivity contribution >= 4 is 21.6 Å². The molecule has 5 nitrogen and oxygen atoms in total. The Balaban J connectivity index is 2.99. The van der Waals surface area contributed by atoms with Crippen LogP contribution in [0.5, 0.6) is 0 Å². The molecule has 0 aliphatic rings. The van der Waals surface area contributed by atoms with Crippen molar-refractivity contribution in [3.63, 3.8) is 0 Å². The zero-order valence-electron chi connectivity index (χ0n) is 16.4. The van der Waals surface area contributed by atoms with Crippen molar-refractivity contribution in [2.45, 2.75) is 53.5 Å². The second-order valence-corrected chi connectivity index (χ2v) is 9.50. The number of nitrogens with zero attached hydrogens (tertiary/aromatic N) is 1. The lowest BCUT2D eigenvalue weighted by molar-refractivity contribution is -0.121. The highest BCUT2D eigenvalue weighted by Gasteiger charge is 2.24. The molecule has 0 aliphatic heterocycles. The van der Waals surface area contributed by atoms with E-state index >= 15 is 0 Å². The highest BCUT2D eigenvalue weighted by atomic mass is 32.2. The SMILES string of the molecule is CC(C)c1ccc(N(CC(=O)NC(C(C)C)C(C)C)S(C)(=O)=O)cc1. The molecule has 0 radical (unpaired) electrons. The lowest BCUT2D eigenvalue weighted by Gasteiger charge is -2.28. The van der Waals surface area contributed by atoms with E-state index < -0.39 is 10.0 Å². The van der Waals surface area contributed by atoms with Gasteiger partial charge in [-0.15, -0.1) is 0 Å². The lowest BCUT2D eigenvalue weighted by atomic mass is 9.93. The van der Waals surface area contributed by atoms with E-state index in [1.807, 2.05) is 39.8 Å². The van der Waals surface area contributed by atoms with Crippen LogP contribution in [0.25, 0.3) is 0 Å². The molecule has 0 fully saturated rings. The predicted octanol–water partition coefficient (Wildman–Crippen LogP) is 3.37. The van der Waals surface area contributed by atoms with Gasteiger partial charge in [-0.1, -0.05) is 53.7 Å². The topological polar surface area (TPSA) is 66.5 Å². The van der Waals surface area contributed by atoms with Crippen LogP contribution in [0.1, 0.15) is 53.0 Å². The molecule has 25 heavy (non-hydrogen) atoms. The number of hydrogen-bond acceptors (Lipinski definition) is 3. The van der Waals surface area contributed by atoms with Crippen LogP contribution in [0, 0.1) is 11.8 Å². The quantitative estimate of drug-likeness (QED) is 0.765. The van der Waals surface area contributed by atoms with Crippen molar-refractivity contribution < 1.29 is 13.2 Å². The Morgan fingerprint density at radius 2 is 1.48 bits per heavy atom. The Labute approximate surface area is 152 Å². The minimum atomic E-state index is -3.55. The first kappa shape index (κ1) is 21.5. The lowest BCUT2D eigenvalue weighted by Crippen LogP contribution is -2.47. The first-order chi connectivity index (χ1) is 11.4. The van der Waals surface area contributed by atoms with Crippen LogP contribution in [-0.2, 0) is 14.8 Å². The molecule has 1 aromatic carbocycles. The molecule has 1 rings (SSSR count). The van der Waals surface area contributed by atoms with Gasteiger partial charge >= 0.3 is 0 Å². The van der Waals surface area contributed by atoms with Gasteiger partial charge in [0.05, 0.1) is 11.9 Å². The highest BCUT2D eigenvalue weighted by molar-refractivity contribution is 7.92. The fourth-order valence-corrected chi connectivity index (χ4v) is 3.75. The summed E-state index contributed by atoms with van der Waals surface area (Å²) in [7, 11) is -3.55. The number of nitrogens with one attached hydrogen (secondary N) is 1. The van der Waals surface area contributed by atoms with E-state index in [2.05, 4.69) is 19.2 Å². The Morgan fingerprint density at radius 3 is 1.84 bits per heavy atom. The molecule has 0 unspecified atom stereocenters. The molecule has 0 bridgehead atoms. The molecule has 0 saturated carbocycles. The Bertz CT molecular complexity index is 656. The van der Waals surface area contributed by atoms with E-state index in [1.54, 1.807) is 12.1 Å². The van der Waals surface area contributed by atoms with Crippen LogP contribution in [-0.4, -0.2) is 33.2 Å². The largest absolute Gasteiger partial charge is 0.351 e. The van der Waals surface area contributed by atoms with Crippen molar-refractivity contribution in [2.75, 3.05) is 17.1 Å². The van der Waals surface area contributed by atoms with E-state index in [-0.39, 0.29) is 30.3 Å². The summed E-state index contributed by atoms with van der Waals surface area (Å²) < 4.78 is 25.5. The summed E-state index contributed by atoms with van der Waals surface area (Å²) >= 11 is 0. The zero-order chi connectivity index (χ0) is 19.4. The van der Waals surface area contributed by atoms with Gasteiger partial charge in [-0.25, -0.2) is 8.42 Å². The highest BCUT2D eigenvalue weighted by Crippen LogP contribution is 2.22. The van der Waals surface area contributed by atoms with Gasteiger partial charge in [0.2, 0.25) is 15.9 Å². The zero-order valence-corrected chi connectivity index (χ0v) is 17.2. The average molecular weight is 369 g/mol. The number of carbonyl (C=O) groups excluding carboxylic acids is 1. The Morgan fingerprint density at radius 1 is 1.00 bits per heavy atom. The summed E-state index contributed by atoms with van der Waals surface area (Å²) in [6.45, 7) is 12.1. The number of benzene rings is 1. The van der Waals surface area contributed by atoms with Gasteiger partial charge < -0.3 is 5.32 Å². The molecule has 0 spiro atoms. The van der Waals surface area contributed by atoms with Crippen LogP contribution in [0.4, 0.5) is 5.69 Å². The van der Waals surface area contributed by atoms with Crippen molar-refractivity contribution in [3.8, 4) is 0 Å². The second kappa shape index (κ2) is 8.70. The molecule has 0 aliphatic carbocycles. The van der Waals surface area contributed by atoms with Crippen LogP contribution in [0.2, 0.25) is 0 Å². The summed E-state index contributed by atoms with van der Waals surface area (Å²) in [4.78, 5) is 12.5. The predicted molar refractivity (Wildman–Crippen MR) is 104 cm³/mol. The van der Waals surface area contributed by atoms with Gasteiger partial charge in [-0.05, 0) is 35.4 Å². The normalized spacial score (nSPS) is 12.3. The molecule has 1 aromatic rings. The maximum Gasteiger partial charge on any atom is 0.241 e. The van der Waals surface area contributed by atoms with Gasteiger partial charge in [-0.3, -0.25) is 9.10 Å². The maximum atomic E-state index is 12.5. The van der Waals surface area contributed by atoms with E-state index in [0.717, 1.165) is 16.1 Å². The standard InChI is InChI=1S/C19H32N2O3S/c1-13(2)16-8-10-17(11-9-16)21(25(7,23)24)12-18(22)20-19(14(3)4)15(5)6/h8-11,13-15,19H,12H2,1-7H3,(H,20,22). The van der Waals surface area contributed by atoms with Crippen molar-refractivity contribution in [1.29, 1.82) is 0 Å². The van der Waals surface area contributed by atoms with Crippen molar-refractivity contribution in [2.24, 2.45) is 11.8 Å². The summed E-state index contributed by atoms with van der Waals surface area (Å²) in [5.41, 5.74) is 1.63. The van der Waals surface area contributed by atoms with Gasteiger partial charge in [-0.2, -0.15) is 0 Å². The third-order valence-corrected chi connectivity index (χ3v) is 5.44. The third kappa shape index (κ3) is 6.34. The summed E-state index contributed by atoms with van der Waals surface area (Å²) in [5, 5.41) is 2.97. The molecule has 1 N–H and O–H groups in total. The number of carbonyl (C=O) groups is 1. The van der Waals surface area contributed by atoms with Crippen molar-refractivity contribution in [1.82, 2.24) is 5.32 Å². The van der Waals surface area contributed by atoms with Gasteiger partial charge in [0.25, 0.3) is 0 Å². The van der Waals surface area contributed by atoms with E-state index in [0.29, 0.717) is 11.6 Å². The minimum absolute atomic E-state index is 0.0113. The second-order valence-electron chi connectivity index (χ2n) is 7.60. The number of rotatable bonds is 8. The molecule has 1 amide bonds. The van der Waals surface area contributed by atoms with E-state index in [4.69, 9.17) is 0 Å². The Kier molecular flexibility index (Phi) is 7.47. The van der Waals surface area contributed by atoms with E-state index in [1.165, 1.54) is 0 Å². The van der Waals surface area contributed by atoms with Gasteiger partial charge in [0.1, 0.15) is 6.54 Å². The van der Waals surface area contributed by atoms with Crippen molar-refractivity contribution in [3.05, 3.63) is 29.8 Å². The molecule has 0 atom stereocenters. The molecule has 142 valence electrons. The first-order valence-corrected chi connectivity index (χ1v) is 10.6. The summed E-state index contributed by atoms with van der Waals surface area (Å²) in [6, 6.07) is 7.33. The number of anilines is 1. The molecular weight excluding hydrogens is 336 g/mol. The Hall–Kier alpha value is -1.56. The number of sulfonamides is 1. The summed E-state index contributed by atoms with van der Waals surface area (Å²) in [5.74, 6) is 0.634. The third-order valence-electron chi connectivity index (χ3n) is 4.30. The summed E-state index contributed by atoms with van der Waals surface area (Å²) in [6.07, 6.45) is 1.12. The monoisotopic (exact) mass is 368 g/mol. The van der Waals surface area contributed by atoms with Crippen LogP contribution >= 0.6 is 0 Å². The molecule has 0 aromatic heterocycles. The smallest absolute Gasteiger partial charge is 0.241 e. The van der Waals surface area contributed by atoms with Gasteiger partial charge in [0, 0.05) is 6.04 Å². The van der Waals surface area contributed by atoms with Crippen LogP contribution < -0.4 is 9.62 Å². The molecule has 0 saturated heterocycles. The van der Waals surface area contributed by atoms with Crippen LogP contribution in [0.3, 0.4) is 0 Å². The first-order valence-electron chi connectivity index (χ1n) is 8.80. The number of hydrogen-bond donors (Lipinski definition) is 1. The maximum absolute atomic E-state index is 12.5. The molecular formula is C19H32N2O3S. The van der Waals surface area contributed by atoms with Gasteiger partial charge in [0.15, 0.2) is 0 Å². The van der Waals surface area contributed by atoms with Crippen LogP contribution in [0.15, 0.2) is 24.3 Å². The fourth-order valence-electron chi connectivity index (χ4n) is 2.89. The molecule has 0 heterocycles. The fraction of sp³-hybridized carbons (Fsp3) is 0.632. The van der Waals surface area contributed by atoms with E-state index in [9.17, 15) is 13.2 Å². The number of amides is 1. The minimum Gasteiger partial charge on any atom is -0.351 e. The average Bonchev–Trinajstić information content (AvgIpc) is 2.48.